The number of nitrogens with zero attached hydrogens (tertiary/aromatic N) is 2. The number of hydrogen-bond donors (Lipinski definition) is 0. The number of thiophene rings is 1. The minimum atomic E-state index is -0.173. The Morgan fingerprint density at radius 1 is 1.29 bits per heavy atom. The number of para-hydroxylation sites is 2. The van der Waals surface area contributed by atoms with Crippen molar-refractivity contribution in [1.82, 2.24) is 4.90 Å². The molecule has 24 heavy (non-hydrogen) atoms. The molecule has 0 radical (unpaired) electrons. The minimum absolute atomic E-state index is 0.00578. The fourth-order valence-corrected chi connectivity index (χ4v) is 4.14. The molecule has 2 aliphatic rings. The van der Waals surface area contributed by atoms with Gasteiger partial charge < -0.3 is 9.64 Å². The summed E-state index contributed by atoms with van der Waals surface area (Å²) in [5.74, 6) is 0.475. The van der Waals surface area contributed by atoms with Crippen molar-refractivity contribution in [1.29, 1.82) is 0 Å². The largest absolute Gasteiger partial charge is 0.482 e. The molecule has 4 rings (SSSR count). The van der Waals surface area contributed by atoms with Crippen LogP contribution in [0, 0.1) is 0 Å². The van der Waals surface area contributed by atoms with Crippen LogP contribution in [-0.2, 0) is 9.59 Å². The fourth-order valence-electron chi connectivity index (χ4n) is 3.43. The van der Waals surface area contributed by atoms with Crippen LogP contribution in [0.15, 0.2) is 41.1 Å². The molecule has 1 saturated heterocycles. The molecule has 2 aromatic rings. The number of amides is 2. The molecule has 5 nitrogen and oxygen atoms in total. The highest BCUT2D eigenvalue weighted by Crippen LogP contribution is 2.35. The summed E-state index contributed by atoms with van der Waals surface area (Å²) in [5, 5.41) is 4.14. The molecular weight excluding hydrogens is 324 g/mol. The first-order valence-electron chi connectivity index (χ1n) is 8.08. The third-order valence-corrected chi connectivity index (χ3v) is 5.30. The van der Waals surface area contributed by atoms with Crippen LogP contribution in [0.4, 0.5) is 5.69 Å². The Bertz CT molecular complexity index is 759. The van der Waals surface area contributed by atoms with E-state index in [1.807, 2.05) is 34.5 Å². The van der Waals surface area contributed by atoms with Gasteiger partial charge in [-0.1, -0.05) is 12.1 Å². The topological polar surface area (TPSA) is 49.9 Å². The maximum Gasteiger partial charge on any atom is 0.265 e. The molecule has 2 amide bonds. The molecule has 6 heteroatoms. The van der Waals surface area contributed by atoms with E-state index in [2.05, 4.69) is 11.4 Å². The van der Waals surface area contributed by atoms with Crippen molar-refractivity contribution >= 4 is 28.8 Å². The van der Waals surface area contributed by atoms with Crippen LogP contribution in [-0.4, -0.2) is 36.4 Å². The fraction of sp³-hybridized carbons (Fsp3) is 0.333. The Balaban J connectivity index is 1.55. The summed E-state index contributed by atoms with van der Waals surface area (Å²) < 4.78 is 5.44. The zero-order valence-corrected chi connectivity index (χ0v) is 14.0. The highest BCUT2D eigenvalue weighted by molar-refractivity contribution is 7.08. The molecular formula is C18H18N2O3S. The van der Waals surface area contributed by atoms with E-state index >= 15 is 0 Å². The van der Waals surface area contributed by atoms with E-state index in [9.17, 15) is 9.59 Å². The smallest absolute Gasteiger partial charge is 0.265 e. The van der Waals surface area contributed by atoms with Gasteiger partial charge in [-0.05, 0) is 47.4 Å². The molecule has 1 fully saturated rings. The van der Waals surface area contributed by atoms with Gasteiger partial charge in [0.05, 0.1) is 11.7 Å². The van der Waals surface area contributed by atoms with Crippen molar-refractivity contribution in [2.75, 3.05) is 24.6 Å². The standard InChI is InChI=1S/C18H18N2O3S/c21-17(19-8-3-5-14(19)13-7-9-24-12-13)10-20-15-4-1-2-6-16(15)23-11-18(20)22/h1-2,4,6-7,9,12,14H,3,5,8,10-11H2/t14-/m1/s1. The van der Waals surface area contributed by atoms with Crippen LogP contribution >= 0.6 is 11.3 Å². The van der Waals surface area contributed by atoms with Crippen LogP contribution in [0.25, 0.3) is 0 Å². The SMILES string of the molecule is O=C1COc2ccccc2N1CC(=O)N1CCC[C@@H]1c1ccsc1. The first-order chi connectivity index (χ1) is 11.7. The van der Waals surface area contributed by atoms with Gasteiger partial charge in [0, 0.05) is 6.54 Å². The number of likely N-dealkylation sites (tertiary alicyclic amines) is 1. The number of benzene rings is 1. The van der Waals surface area contributed by atoms with Gasteiger partial charge in [-0.3, -0.25) is 14.5 Å². The number of ether oxygens (including phenoxy) is 1. The number of fused-ring (bicyclic) bond motifs is 1. The second kappa shape index (κ2) is 6.28. The van der Waals surface area contributed by atoms with Crippen molar-refractivity contribution in [2.24, 2.45) is 0 Å². The van der Waals surface area contributed by atoms with Crippen LogP contribution in [0.3, 0.4) is 0 Å². The average molecular weight is 342 g/mol. The second-order valence-electron chi connectivity index (χ2n) is 6.04. The van der Waals surface area contributed by atoms with Crippen molar-refractivity contribution in [2.45, 2.75) is 18.9 Å². The zero-order valence-electron chi connectivity index (χ0n) is 13.2. The van der Waals surface area contributed by atoms with E-state index in [0.717, 1.165) is 19.4 Å². The summed E-state index contributed by atoms with van der Waals surface area (Å²) >= 11 is 1.65. The van der Waals surface area contributed by atoms with Gasteiger partial charge in [0.2, 0.25) is 5.91 Å². The molecule has 0 bridgehead atoms. The third kappa shape index (κ3) is 2.67. The highest BCUT2D eigenvalue weighted by Gasteiger charge is 2.33. The predicted molar refractivity (Wildman–Crippen MR) is 92.3 cm³/mol. The molecule has 0 spiro atoms. The van der Waals surface area contributed by atoms with Crippen LogP contribution in [0.5, 0.6) is 5.75 Å². The maximum atomic E-state index is 12.9. The van der Waals surface area contributed by atoms with Gasteiger partial charge in [0.25, 0.3) is 5.91 Å². The van der Waals surface area contributed by atoms with Gasteiger partial charge in [-0.25, -0.2) is 0 Å². The van der Waals surface area contributed by atoms with Gasteiger partial charge in [0.1, 0.15) is 12.3 Å². The number of anilines is 1. The third-order valence-electron chi connectivity index (χ3n) is 4.60. The number of rotatable bonds is 3. The van der Waals surface area contributed by atoms with Crippen molar-refractivity contribution in [3.05, 3.63) is 46.7 Å². The lowest BCUT2D eigenvalue weighted by Gasteiger charge is -2.31. The van der Waals surface area contributed by atoms with E-state index in [1.165, 1.54) is 5.56 Å². The quantitative estimate of drug-likeness (QED) is 0.862. The Kier molecular flexibility index (Phi) is 3.98. The Labute approximate surface area is 144 Å². The maximum absolute atomic E-state index is 12.9. The summed E-state index contributed by atoms with van der Waals surface area (Å²) in [4.78, 5) is 28.6. The Morgan fingerprint density at radius 3 is 3.00 bits per heavy atom. The van der Waals surface area contributed by atoms with E-state index in [1.54, 1.807) is 16.2 Å². The summed E-state index contributed by atoms with van der Waals surface area (Å²) in [5.41, 5.74) is 1.87. The van der Waals surface area contributed by atoms with Crippen molar-refractivity contribution < 1.29 is 14.3 Å². The lowest BCUT2D eigenvalue weighted by atomic mass is 10.1. The molecule has 124 valence electrons. The first kappa shape index (κ1) is 15.2. The Hall–Kier alpha value is -2.34. The average Bonchev–Trinajstić information content (AvgIpc) is 3.28. The molecule has 3 heterocycles. The first-order valence-corrected chi connectivity index (χ1v) is 9.02. The molecule has 0 N–H and O–H groups in total. The van der Waals surface area contributed by atoms with E-state index in [4.69, 9.17) is 4.74 Å². The van der Waals surface area contributed by atoms with E-state index < -0.39 is 0 Å². The van der Waals surface area contributed by atoms with E-state index in [-0.39, 0.29) is 31.0 Å². The molecule has 1 aromatic carbocycles. The minimum Gasteiger partial charge on any atom is -0.482 e. The molecule has 2 aliphatic heterocycles. The monoisotopic (exact) mass is 342 g/mol. The van der Waals surface area contributed by atoms with Crippen LogP contribution < -0.4 is 9.64 Å². The molecule has 0 saturated carbocycles. The number of carbonyl (C=O) groups excluding carboxylic acids is 2. The van der Waals surface area contributed by atoms with Crippen LogP contribution in [0.1, 0.15) is 24.4 Å². The Morgan fingerprint density at radius 2 is 2.17 bits per heavy atom. The molecule has 0 aliphatic carbocycles. The number of carbonyl (C=O) groups is 2. The van der Waals surface area contributed by atoms with Gasteiger partial charge in [-0.15, -0.1) is 0 Å². The predicted octanol–water partition coefficient (Wildman–Crippen LogP) is 2.84. The van der Waals surface area contributed by atoms with E-state index in [0.29, 0.717) is 11.4 Å². The lowest BCUT2D eigenvalue weighted by molar-refractivity contribution is -0.132. The van der Waals surface area contributed by atoms with Crippen molar-refractivity contribution in [3.63, 3.8) is 0 Å². The van der Waals surface area contributed by atoms with Gasteiger partial charge in [-0.2, -0.15) is 11.3 Å². The molecule has 1 aromatic heterocycles. The van der Waals surface area contributed by atoms with Crippen molar-refractivity contribution in [3.8, 4) is 5.75 Å². The summed E-state index contributed by atoms with van der Waals surface area (Å²) in [6, 6.07) is 9.57. The van der Waals surface area contributed by atoms with Gasteiger partial charge in [0.15, 0.2) is 6.61 Å². The molecule has 0 unspecified atom stereocenters. The van der Waals surface area contributed by atoms with Crippen LogP contribution in [0.2, 0.25) is 0 Å². The van der Waals surface area contributed by atoms with Gasteiger partial charge >= 0.3 is 0 Å². The second-order valence-corrected chi connectivity index (χ2v) is 6.82. The normalized spacial score (nSPS) is 20.0. The lowest BCUT2D eigenvalue weighted by Crippen LogP contribution is -2.46. The summed E-state index contributed by atoms with van der Waals surface area (Å²) in [6.45, 7) is 0.803. The molecule has 1 atom stereocenters. The summed E-state index contributed by atoms with van der Waals surface area (Å²) in [6.07, 6.45) is 1.98. The number of hydrogen-bond acceptors (Lipinski definition) is 4. The summed E-state index contributed by atoms with van der Waals surface area (Å²) in [7, 11) is 0. The zero-order chi connectivity index (χ0) is 16.5. The highest BCUT2D eigenvalue weighted by atomic mass is 32.1.